The highest BCUT2D eigenvalue weighted by molar-refractivity contribution is 5.90. The molecular formula is C16H18N2O2. The maximum absolute atomic E-state index is 11.8. The van der Waals surface area contributed by atoms with Crippen LogP contribution in [0.5, 0.6) is 0 Å². The minimum Gasteiger partial charge on any atom is -0.462 e. The number of aromatic nitrogens is 2. The molecule has 0 radical (unpaired) electrons. The number of rotatable bonds is 4. The highest BCUT2D eigenvalue weighted by Gasteiger charge is 2.11. The molecular weight excluding hydrogens is 252 g/mol. The summed E-state index contributed by atoms with van der Waals surface area (Å²) in [5, 5.41) is 0. The van der Waals surface area contributed by atoms with Gasteiger partial charge in [-0.25, -0.2) is 4.79 Å². The number of carbonyl (C=O) groups is 1. The van der Waals surface area contributed by atoms with Gasteiger partial charge in [-0.15, -0.1) is 0 Å². The van der Waals surface area contributed by atoms with Crippen molar-refractivity contribution in [3.05, 3.63) is 47.3 Å². The van der Waals surface area contributed by atoms with Crippen molar-refractivity contribution < 1.29 is 9.53 Å². The minimum absolute atomic E-state index is 0.328. The summed E-state index contributed by atoms with van der Waals surface area (Å²) in [5.74, 6) is -0.328. The number of hydrogen-bond donors (Lipinski definition) is 0. The Balaban J connectivity index is 2.43. The number of ether oxygens (including phenoxy) is 1. The summed E-state index contributed by atoms with van der Waals surface area (Å²) in [6, 6.07) is 7.43. The van der Waals surface area contributed by atoms with Crippen molar-refractivity contribution >= 4 is 5.97 Å². The van der Waals surface area contributed by atoms with Gasteiger partial charge in [-0.3, -0.25) is 9.97 Å². The molecule has 2 rings (SSSR count). The molecule has 0 bridgehead atoms. The van der Waals surface area contributed by atoms with Crippen LogP contribution in [0.3, 0.4) is 0 Å². The highest BCUT2D eigenvalue weighted by Crippen LogP contribution is 2.19. The van der Waals surface area contributed by atoms with Gasteiger partial charge in [0.15, 0.2) is 0 Å². The number of nitrogens with zero attached hydrogens (tertiary/aromatic N) is 2. The zero-order chi connectivity index (χ0) is 14.5. The molecule has 0 saturated carbocycles. The van der Waals surface area contributed by atoms with E-state index < -0.39 is 0 Å². The largest absolute Gasteiger partial charge is 0.462 e. The molecule has 4 nitrogen and oxygen atoms in total. The van der Waals surface area contributed by atoms with Crippen LogP contribution in [0.25, 0.3) is 11.4 Å². The smallest absolute Gasteiger partial charge is 0.338 e. The molecule has 20 heavy (non-hydrogen) atoms. The average Bonchev–Trinajstić information content (AvgIpc) is 2.47. The Kier molecular flexibility index (Phi) is 4.45. The van der Waals surface area contributed by atoms with Crippen LogP contribution in [0.2, 0.25) is 0 Å². The van der Waals surface area contributed by atoms with Gasteiger partial charge in [-0.2, -0.15) is 0 Å². The quantitative estimate of drug-likeness (QED) is 0.801. The average molecular weight is 270 g/mol. The van der Waals surface area contributed by atoms with Gasteiger partial charge in [0.25, 0.3) is 0 Å². The summed E-state index contributed by atoms with van der Waals surface area (Å²) in [6.07, 6.45) is 2.70. The van der Waals surface area contributed by atoms with Crippen LogP contribution in [0.15, 0.2) is 30.5 Å². The summed E-state index contributed by atoms with van der Waals surface area (Å²) < 4.78 is 5.03. The first kappa shape index (κ1) is 14.2. The van der Waals surface area contributed by atoms with Gasteiger partial charge < -0.3 is 4.74 Å². The Hall–Kier alpha value is -2.23. The first-order chi connectivity index (χ1) is 9.63. The standard InChI is InChI=1S/C16H18N2O2/c1-4-12-6-7-17-14(9-12)15-10-13(8-11(3)18-15)16(19)20-5-2/h6-10H,4-5H2,1-3H3. The molecule has 0 atom stereocenters. The molecule has 2 aromatic rings. The molecule has 0 N–H and O–H groups in total. The third-order valence-electron chi connectivity index (χ3n) is 2.96. The predicted octanol–water partition coefficient (Wildman–Crippen LogP) is 3.19. The molecule has 4 heteroatoms. The van der Waals surface area contributed by atoms with Gasteiger partial charge in [0.05, 0.1) is 23.6 Å². The fourth-order valence-electron chi connectivity index (χ4n) is 1.97. The van der Waals surface area contributed by atoms with Crippen LogP contribution in [-0.4, -0.2) is 22.5 Å². The Labute approximate surface area is 118 Å². The lowest BCUT2D eigenvalue weighted by atomic mass is 10.1. The maximum atomic E-state index is 11.8. The molecule has 0 aliphatic carbocycles. The topological polar surface area (TPSA) is 52.1 Å². The van der Waals surface area contributed by atoms with Gasteiger partial charge in [0, 0.05) is 11.9 Å². The second-order valence-corrected chi connectivity index (χ2v) is 4.51. The molecule has 0 saturated heterocycles. The summed E-state index contributed by atoms with van der Waals surface area (Å²) in [6.45, 7) is 6.10. The molecule has 104 valence electrons. The first-order valence-corrected chi connectivity index (χ1v) is 6.75. The van der Waals surface area contributed by atoms with Crippen LogP contribution in [0, 0.1) is 6.92 Å². The van der Waals surface area contributed by atoms with Crippen LogP contribution in [0.4, 0.5) is 0 Å². The number of hydrogen-bond acceptors (Lipinski definition) is 4. The molecule has 0 amide bonds. The molecule has 0 spiro atoms. The van der Waals surface area contributed by atoms with Crippen molar-refractivity contribution in [1.29, 1.82) is 0 Å². The van der Waals surface area contributed by atoms with Crippen molar-refractivity contribution in [2.24, 2.45) is 0 Å². The van der Waals surface area contributed by atoms with Gasteiger partial charge in [0.1, 0.15) is 0 Å². The van der Waals surface area contributed by atoms with E-state index in [1.165, 1.54) is 5.56 Å². The number of carbonyl (C=O) groups excluding carboxylic acids is 1. The van der Waals surface area contributed by atoms with Crippen molar-refractivity contribution in [2.75, 3.05) is 6.61 Å². The van der Waals surface area contributed by atoms with Gasteiger partial charge in [-0.1, -0.05) is 6.92 Å². The van der Waals surface area contributed by atoms with Crippen LogP contribution in [-0.2, 0) is 11.2 Å². The number of esters is 1. The molecule has 0 fully saturated rings. The zero-order valence-electron chi connectivity index (χ0n) is 12.0. The predicted molar refractivity (Wildman–Crippen MR) is 77.5 cm³/mol. The van der Waals surface area contributed by atoms with Crippen molar-refractivity contribution in [1.82, 2.24) is 9.97 Å². The third-order valence-corrected chi connectivity index (χ3v) is 2.96. The van der Waals surface area contributed by atoms with E-state index in [1.54, 1.807) is 25.3 Å². The maximum Gasteiger partial charge on any atom is 0.338 e. The highest BCUT2D eigenvalue weighted by atomic mass is 16.5. The summed E-state index contributed by atoms with van der Waals surface area (Å²) in [5.41, 5.74) is 3.95. The van der Waals surface area contributed by atoms with E-state index in [1.807, 2.05) is 19.1 Å². The number of aryl methyl sites for hydroxylation is 2. The second kappa shape index (κ2) is 6.28. The van der Waals surface area contributed by atoms with Crippen molar-refractivity contribution in [3.8, 4) is 11.4 Å². The Morgan fingerprint density at radius 1 is 1.20 bits per heavy atom. The van der Waals surface area contributed by atoms with E-state index in [4.69, 9.17) is 4.74 Å². The summed E-state index contributed by atoms with van der Waals surface area (Å²) in [4.78, 5) is 20.6. The fraction of sp³-hybridized carbons (Fsp3) is 0.312. The van der Waals surface area contributed by atoms with Gasteiger partial charge in [0.2, 0.25) is 0 Å². The van der Waals surface area contributed by atoms with Crippen molar-refractivity contribution in [3.63, 3.8) is 0 Å². The lowest BCUT2D eigenvalue weighted by Gasteiger charge is -2.07. The van der Waals surface area contributed by atoms with E-state index in [0.29, 0.717) is 17.9 Å². The monoisotopic (exact) mass is 270 g/mol. The normalized spacial score (nSPS) is 10.3. The Morgan fingerprint density at radius 2 is 2.00 bits per heavy atom. The Morgan fingerprint density at radius 3 is 2.70 bits per heavy atom. The van der Waals surface area contributed by atoms with E-state index in [9.17, 15) is 4.79 Å². The van der Waals surface area contributed by atoms with Crippen LogP contribution >= 0.6 is 0 Å². The van der Waals surface area contributed by atoms with Crippen LogP contribution in [0.1, 0.15) is 35.5 Å². The van der Waals surface area contributed by atoms with Crippen LogP contribution < -0.4 is 0 Å². The molecule has 0 unspecified atom stereocenters. The molecule has 2 heterocycles. The Bertz CT molecular complexity index is 624. The summed E-state index contributed by atoms with van der Waals surface area (Å²) >= 11 is 0. The third kappa shape index (κ3) is 3.20. The number of pyridine rings is 2. The second-order valence-electron chi connectivity index (χ2n) is 4.51. The van der Waals surface area contributed by atoms with Gasteiger partial charge >= 0.3 is 5.97 Å². The summed E-state index contributed by atoms with van der Waals surface area (Å²) in [7, 11) is 0. The lowest BCUT2D eigenvalue weighted by Crippen LogP contribution is -2.06. The molecule has 2 aromatic heterocycles. The zero-order valence-corrected chi connectivity index (χ0v) is 12.0. The van der Waals surface area contributed by atoms with Crippen molar-refractivity contribution in [2.45, 2.75) is 27.2 Å². The minimum atomic E-state index is -0.328. The van der Waals surface area contributed by atoms with E-state index in [2.05, 4.69) is 16.9 Å². The molecule has 0 aliphatic heterocycles. The molecule has 0 aromatic carbocycles. The molecule has 0 aliphatic rings. The van der Waals surface area contributed by atoms with E-state index in [-0.39, 0.29) is 5.97 Å². The van der Waals surface area contributed by atoms with E-state index >= 15 is 0 Å². The van der Waals surface area contributed by atoms with Gasteiger partial charge in [-0.05, 0) is 50.1 Å². The first-order valence-electron chi connectivity index (χ1n) is 6.75. The van der Waals surface area contributed by atoms with E-state index in [0.717, 1.165) is 17.8 Å². The fourth-order valence-corrected chi connectivity index (χ4v) is 1.97. The lowest BCUT2D eigenvalue weighted by molar-refractivity contribution is 0.0526. The SMILES string of the molecule is CCOC(=O)c1cc(C)nc(-c2cc(CC)ccn2)c1.